The van der Waals surface area contributed by atoms with E-state index in [1.165, 1.54) is 0 Å². The normalized spacial score (nSPS) is 18.2. The van der Waals surface area contributed by atoms with Crippen LogP contribution in [0.15, 0.2) is 96.7 Å². The predicted octanol–water partition coefficient (Wildman–Crippen LogP) is 6.68. The van der Waals surface area contributed by atoms with E-state index in [9.17, 15) is 0 Å². The minimum Gasteiger partial charge on any atom is -0.208 e. The summed E-state index contributed by atoms with van der Waals surface area (Å²) in [6.45, 7) is 0. The molecular formula is C25H16ClN3. The van der Waals surface area contributed by atoms with Gasteiger partial charge in [0.1, 0.15) is 0 Å². The fourth-order valence-electron chi connectivity index (χ4n) is 2.49. The Hall–Kier alpha value is -3.56. The topological polar surface area (TPSA) is 38.7 Å². The molecule has 1 heterocycles. The Morgan fingerprint density at radius 3 is 1.86 bits per heavy atom. The van der Waals surface area contributed by atoms with Gasteiger partial charge in [-0.2, -0.15) is 9.97 Å². The molecule has 138 valence electrons. The van der Waals surface area contributed by atoms with Gasteiger partial charge in [0.2, 0.25) is 5.28 Å². The molecule has 29 heavy (non-hydrogen) atoms. The van der Waals surface area contributed by atoms with Crippen LogP contribution in [-0.4, -0.2) is 15.0 Å². The lowest BCUT2D eigenvalue weighted by Crippen LogP contribution is -1.97. The lowest BCUT2D eigenvalue weighted by Gasteiger charge is -2.08. The van der Waals surface area contributed by atoms with Gasteiger partial charge >= 0.3 is 0 Å². The smallest absolute Gasteiger partial charge is 0.208 e. The van der Waals surface area contributed by atoms with Crippen molar-refractivity contribution in [2.45, 2.75) is 0 Å². The average Bonchev–Trinajstić information content (AvgIpc) is 2.97. The summed E-state index contributed by atoms with van der Waals surface area (Å²) in [7, 11) is 0. The number of rotatable bonds is 3. The number of hydrogen-bond acceptors (Lipinski definition) is 3. The summed E-state index contributed by atoms with van der Waals surface area (Å²) in [5.74, 6) is -0.941. The quantitative estimate of drug-likeness (QED) is 0.334. The zero-order valence-electron chi connectivity index (χ0n) is 29.3. The number of nitrogens with zero attached hydrogens (tertiary/aromatic N) is 3. The van der Waals surface area contributed by atoms with Crippen LogP contribution in [0.25, 0.3) is 44.7 Å². The first-order chi connectivity index (χ1) is 20.5. The molecule has 4 heteroatoms. The molecule has 0 N–H and O–H groups in total. The van der Waals surface area contributed by atoms with Gasteiger partial charge in [-0.25, -0.2) is 4.98 Å². The van der Waals surface area contributed by atoms with Gasteiger partial charge in [0.05, 0.1) is 20.6 Å². The second kappa shape index (κ2) is 7.46. The molecule has 0 radical (unpaired) electrons. The maximum absolute atomic E-state index is 8.87. The summed E-state index contributed by atoms with van der Waals surface area (Å²) in [5.41, 5.74) is -1.51. The third kappa shape index (κ3) is 3.60. The van der Waals surface area contributed by atoms with Gasteiger partial charge in [0, 0.05) is 11.1 Å². The summed E-state index contributed by atoms with van der Waals surface area (Å²) in [6.07, 6.45) is 0. The van der Waals surface area contributed by atoms with Gasteiger partial charge in [-0.15, -0.1) is 0 Å². The van der Waals surface area contributed by atoms with Crippen molar-refractivity contribution in [3.63, 3.8) is 0 Å². The fraction of sp³-hybridized carbons (Fsp3) is 0. The summed E-state index contributed by atoms with van der Waals surface area (Å²) in [5, 5.41) is -1.20. The molecule has 0 amide bonds. The van der Waals surface area contributed by atoms with E-state index in [-0.39, 0.29) is 21.9 Å². The van der Waals surface area contributed by atoms with Crippen molar-refractivity contribution in [1.82, 2.24) is 15.0 Å². The minimum absolute atomic E-state index is 0.272. The number of aromatic nitrogens is 3. The van der Waals surface area contributed by atoms with Gasteiger partial charge in [-0.1, -0.05) is 84.6 Å². The van der Waals surface area contributed by atoms with Crippen LogP contribution >= 0.6 is 11.6 Å². The van der Waals surface area contributed by atoms with Crippen LogP contribution in [0.1, 0.15) is 20.6 Å². The fourth-order valence-corrected chi connectivity index (χ4v) is 2.65. The van der Waals surface area contributed by atoms with Crippen molar-refractivity contribution in [2.24, 2.45) is 0 Å². The van der Waals surface area contributed by atoms with E-state index in [2.05, 4.69) is 15.0 Å². The van der Waals surface area contributed by atoms with Crippen LogP contribution in [0.3, 0.4) is 0 Å². The average molecular weight is 409 g/mol. The molecule has 0 aliphatic heterocycles. The van der Waals surface area contributed by atoms with Gasteiger partial charge in [0.25, 0.3) is 0 Å². The molecule has 5 aromatic rings. The second-order valence-electron chi connectivity index (χ2n) is 5.58. The Labute approximate surface area is 194 Å². The maximum Gasteiger partial charge on any atom is 0.226 e. The molecule has 0 unspecified atom stereocenters. The van der Waals surface area contributed by atoms with Crippen LogP contribution in [0.2, 0.25) is 5.28 Å². The SMILES string of the molecule is [2H]c1c([2H])c([2H])c(-c2nc(Cl)nc(-c3c([2H])c([2H])c4c([2H])c(-c5c([2H])c([2H])c([2H])c([2H])c5[2H])cc([2H])c4c3[2H])n2)c([2H])c1[2H]. The molecule has 0 saturated carbocycles. The van der Waals surface area contributed by atoms with Crippen molar-refractivity contribution in [3.8, 4) is 33.9 Å². The molecule has 0 bridgehead atoms. The highest BCUT2D eigenvalue weighted by atomic mass is 35.5. The molecule has 0 spiro atoms. The third-order valence-corrected chi connectivity index (χ3v) is 3.93. The summed E-state index contributed by atoms with van der Waals surface area (Å²) in [4.78, 5) is 11.9. The van der Waals surface area contributed by atoms with Crippen molar-refractivity contribution < 1.29 is 20.6 Å². The first-order valence-electron chi connectivity index (χ1n) is 15.6. The maximum atomic E-state index is 8.87. The molecular weight excluding hydrogens is 378 g/mol. The molecule has 5 rings (SSSR count). The van der Waals surface area contributed by atoms with E-state index in [1.807, 2.05) is 0 Å². The highest BCUT2D eigenvalue weighted by Gasteiger charge is 2.10. The third-order valence-electron chi connectivity index (χ3n) is 3.76. The summed E-state index contributed by atoms with van der Waals surface area (Å²) in [6, 6.07) is -8.49. The molecule has 0 atom stereocenters. The van der Waals surface area contributed by atoms with E-state index >= 15 is 0 Å². The van der Waals surface area contributed by atoms with Crippen molar-refractivity contribution in [2.75, 3.05) is 0 Å². The molecule has 1 aromatic heterocycles. The zero-order chi connectivity index (χ0) is 32.7. The summed E-state index contributed by atoms with van der Waals surface area (Å²) >= 11 is 6.11. The lowest BCUT2D eigenvalue weighted by molar-refractivity contribution is 1.07. The van der Waals surface area contributed by atoms with Crippen molar-refractivity contribution >= 4 is 22.4 Å². The largest absolute Gasteiger partial charge is 0.226 e. The van der Waals surface area contributed by atoms with Crippen LogP contribution in [-0.2, 0) is 0 Å². The first kappa shape index (κ1) is 7.69. The van der Waals surface area contributed by atoms with E-state index < -0.39 is 119 Å². The van der Waals surface area contributed by atoms with E-state index in [0.717, 1.165) is 6.07 Å². The van der Waals surface area contributed by atoms with Crippen molar-refractivity contribution in [3.05, 3.63) is 102 Å². The first-order valence-corrected chi connectivity index (χ1v) is 8.49. The molecule has 0 saturated heterocycles. The number of fused-ring (bicyclic) bond motifs is 1. The van der Waals surface area contributed by atoms with Crippen molar-refractivity contribution in [1.29, 1.82) is 0 Å². The Kier molecular flexibility index (Phi) is 1.98. The minimum atomic E-state index is -0.692. The van der Waals surface area contributed by atoms with E-state index in [4.69, 9.17) is 32.2 Å². The lowest BCUT2D eigenvalue weighted by atomic mass is 10.00. The Morgan fingerprint density at radius 2 is 1.14 bits per heavy atom. The Bertz CT molecular complexity index is 2040. The van der Waals surface area contributed by atoms with E-state index in [1.54, 1.807) is 0 Å². The standard InChI is InChI=1S/C25H16ClN3/c26-25-28-23(18-9-5-2-6-10-18)27-24(29-25)22-14-13-20-15-19(11-12-21(20)16-22)17-7-3-1-4-8-17/h1-16H/i1D,2D,3D,4D,5D,6D,7D,8D,9D,10D,12D,13D,14D,15D,16D. The Morgan fingerprint density at radius 1 is 0.552 bits per heavy atom. The van der Waals surface area contributed by atoms with Crippen LogP contribution in [0, 0.1) is 0 Å². The highest BCUT2D eigenvalue weighted by molar-refractivity contribution is 6.28. The van der Waals surface area contributed by atoms with Gasteiger partial charge < -0.3 is 0 Å². The Balaban J connectivity index is 1.83. The van der Waals surface area contributed by atoms with Gasteiger partial charge in [-0.05, 0) is 45.6 Å². The molecule has 3 nitrogen and oxygen atoms in total. The van der Waals surface area contributed by atoms with Crippen LogP contribution < -0.4 is 0 Å². The highest BCUT2D eigenvalue weighted by Crippen LogP contribution is 2.28. The molecule has 0 fully saturated rings. The number of halogens is 1. The molecule has 4 aromatic carbocycles. The van der Waals surface area contributed by atoms with E-state index in [0.29, 0.717) is 0 Å². The van der Waals surface area contributed by atoms with Gasteiger partial charge in [-0.3, -0.25) is 0 Å². The zero-order valence-corrected chi connectivity index (χ0v) is 15.1. The number of benzene rings is 4. The molecule has 0 aliphatic carbocycles. The number of hydrogen-bond donors (Lipinski definition) is 0. The summed E-state index contributed by atoms with van der Waals surface area (Å²) < 4.78 is 124. The predicted molar refractivity (Wildman–Crippen MR) is 119 cm³/mol. The second-order valence-corrected chi connectivity index (χ2v) is 5.92. The van der Waals surface area contributed by atoms with Gasteiger partial charge in [0.15, 0.2) is 11.6 Å². The monoisotopic (exact) mass is 408 g/mol. The molecule has 0 aliphatic rings. The van der Waals surface area contributed by atoms with Crippen LogP contribution in [0.5, 0.6) is 0 Å². The van der Waals surface area contributed by atoms with Crippen LogP contribution in [0.4, 0.5) is 0 Å².